The fourth-order valence-corrected chi connectivity index (χ4v) is 3.07. The number of hydrogen-bond acceptors (Lipinski definition) is 4. The van der Waals surface area contributed by atoms with Crippen LogP contribution < -0.4 is 10.6 Å². The zero-order valence-corrected chi connectivity index (χ0v) is 17.6. The molecule has 0 bridgehead atoms. The molecule has 0 aliphatic heterocycles. The van der Waals surface area contributed by atoms with Gasteiger partial charge in [-0.2, -0.15) is 0 Å². The largest absolute Gasteiger partial charge is 0.362 e. The lowest BCUT2D eigenvalue weighted by Gasteiger charge is -2.12. The molecular weight excluding hydrogens is 416 g/mol. The van der Waals surface area contributed by atoms with Crippen molar-refractivity contribution < 1.29 is 19.1 Å². The molecule has 0 heterocycles. The average molecular weight is 437 g/mol. The van der Waals surface area contributed by atoms with Gasteiger partial charge in [-0.1, -0.05) is 54.1 Å². The summed E-state index contributed by atoms with van der Waals surface area (Å²) in [5.74, 6) is -1.13. The Balaban J connectivity index is 1.57. The van der Waals surface area contributed by atoms with E-state index in [-0.39, 0.29) is 30.5 Å². The maximum atomic E-state index is 12.8. The van der Waals surface area contributed by atoms with Crippen molar-refractivity contribution in [2.45, 2.75) is 6.92 Å². The van der Waals surface area contributed by atoms with Gasteiger partial charge in [-0.3, -0.25) is 14.4 Å². The molecule has 0 aromatic heterocycles. The van der Waals surface area contributed by atoms with Crippen molar-refractivity contribution in [3.8, 4) is 0 Å². The number of rotatable bonds is 8. The standard InChI is InChI=1S/C24H21ClN2O4/c1-16-6-5-9-19(12-16)26-22(28)14-31-15-23(29)27-21-11-10-18(25)13-20(21)24(30)17-7-3-2-4-8-17/h2-13H,14-15H2,1H3,(H,26,28)(H,27,29). The minimum Gasteiger partial charge on any atom is -0.362 e. The minimum absolute atomic E-state index is 0.267. The lowest BCUT2D eigenvalue weighted by molar-refractivity contribution is -0.125. The third kappa shape index (κ3) is 6.50. The van der Waals surface area contributed by atoms with E-state index >= 15 is 0 Å². The number of benzene rings is 3. The van der Waals surface area contributed by atoms with Crippen molar-refractivity contribution in [1.29, 1.82) is 0 Å². The first kappa shape index (κ1) is 22.2. The summed E-state index contributed by atoms with van der Waals surface area (Å²) in [7, 11) is 0. The predicted molar refractivity (Wildman–Crippen MR) is 121 cm³/mol. The van der Waals surface area contributed by atoms with Crippen LogP contribution >= 0.6 is 11.6 Å². The molecule has 0 radical (unpaired) electrons. The predicted octanol–water partition coefficient (Wildman–Crippen LogP) is 4.47. The Kier molecular flexibility index (Phi) is 7.54. The van der Waals surface area contributed by atoms with Gasteiger partial charge in [0, 0.05) is 21.8 Å². The topological polar surface area (TPSA) is 84.5 Å². The Morgan fingerprint density at radius 1 is 0.839 bits per heavy atom. The zero-order valence-electron chi connectivity index (χ0n) is 16.9. The van der Waals surface area contributed by atoms with E-state index in [0.29, 0.717) is 22.0 Å². The highest BCUT2D eigenvalue weighted by Crippen LogP contribution is 2.23. The molecule has 3 aromatic carbocycles. The first-order chi connectivity index (χ1) is 14.9. The molecule has 3 rings (SSSR count). The van der Waals surface area contributed by atoms with Crippen LogP contribution in [0.3, 0.4) is 0 Å². The van der Waals surface area contributed by atoms with Crippen LogP contribution in [0, 0.1) is 6.92 Å². The van der Waals surface area contributed by atoms with E-state index in [2.05, 4.69) is 10.6 Å². The van der Waals surface area contributed by atoms with Gasteiger partial charge in [-0.25, -0.2) is 0 Å². The molecule has 0 spiro atoms. The second-order valence-corrected chi connectivity index (χ2v) is 7.28. The van der Waals surface area contributed by atoms with Crippen molar-refractivity contribution in [2.24, 2.45) is 0 Å². The normalized spacial score (nSPS) is 10.4. The number of anilines is 2. The number of carbonyl (C=O) groups is 3. The molecule has 2 N–H and O–H groups in total. The Bertz CT molecular complexity index is 1100. The van der Waals surface area contributed by atoms with Gasteiger partial charge in [0.1, 0.15) is 13.2 Å². The summed E-state index contributed by atoms with van der Waals surface area (Å²) in [4.78, 5) is 37.1. The lowest BCUT2D eigenvalue weighted by atomic mass is 10.0. The smallest absolute Gasteiger partial charge is 0.250 e. The SMILES string of the molecule is Cc1cccc(NC(=O)COCC(=O)Nc2ccc(Cl)cc2C(=O)c2ccccc2)c1. The first-order valence-corrected chi connectivity index (χ1v) is 9.93. The first-order valence-electron chi connectivity index (χ1n) is 9.56. The molecule has 7 heteroatoms. The van der Waals surface area contributed by atoms with Crippen LogP contribution in [0.4, 0.5) is 11.4 Å². The highest BCUT2D eigenvalue weighted by atomic mass is 35.5. The highest BCUT2D eigenvalue weighted by molar-refractivity contribution is 6.31. The van der Waals surface area contributed by atoms with E-state index in [1.165, 1.54) is 6.07 Å². The van der Waals surface area contributed by atoms with E-state index in [4.69, 9.17) is 16.3 Å². The van der Waals surface area contributed by atoms with E-state index in [9.17, 15) is 14.4 Å². The van der Waals surface area contributed by atoms with Gasteiger partial charge >= 0.3 is 0 Å². The maximum Gasteiger partial charge on any atom is 0.250 e. The van der Waals surface area contributed by atoms with Crippen molar-refractivity contribution in [1.82, 2.24) is 0 Å². The molecule has 0 unspecified atom stereocenters. The number of carbonyl (C=O) groups excluding carboxylic acids is 3. The molecule has 0 atom stereocenters. The van der Waals surface area contributed by atoms with Crippen LogP contribution in [0.5, 0.6) is 0 Å². The highest BCUT2D eigenvalue weighted by Gasteiger charge is 2.16. The fourth-order valence-electron chi connectivity index (χ4n) is 2.90. The minimum atomic E-state index is -0.493. The molecule has 0 saturated carbocycles. The van der Waals surface area contributed by atoms with Crippen molar-refractivity contribution >= 4 is 40.6 Å². The van der Waals surface area contributed by atoms with Gasteiger partial charge in [0.25, 0.3) is 0 Å². The maximum absolute atomic E-state index is 12.8. The molecular formula is C24H21ClN2O4. The van der Waals surface area contributed by atoms with Gasteiger partial charge in [-0.15, -0.1) is 0 Å². The summed E-state index contributed by atoms with van der Waals surface area (Å²) < 4.78 is 5.21. The summed E-state index contributed by atoms with van der Waals surface area (Å²) in [5, 5.41) is 5.72. The van der Waals surface area contributed by atoms with Crippen LogP contribution in [-0.4, -0.2) is 30.8 Å². The molecule has 0 aliphatic rings. The number of amides is 2. The summed E-state index contributed by atoms with van der Waals surface area (Å²) in [6, 6.07) is 20.7. The Morgan fingerprint density at radius 2 is 1.55 bits per heavy atom. The van der Waals surface area contributed by atoms with E-state index in [1.54, 1.807) is 42.5 Å². The second-order valence-electron chi connectivity index (χ2n) is 6.84. The van der Waals surface area contributed by atoms with Gasteiger partial charge in [-0.05, 0) is 42.8 Å². The van der Waals surface area contributed by atoms with Gasteiger partial charge in [0.05, 0.1) is 5.69 Å². The van der Waals surface area contributed by atoms with E-state index in [1.807, 2.05) is 31.2 Å². The molecule has 0 fully saturated rings. The third-order valence-corrected chi connectivity index (χ3v) is 4.54. The van der Waals surface area contributed by atoms with Crippen LogP contribution in [0.2, 0.25) is 5.02 Å². The average Bonchev–Trinajstić information content (AvgIpc) is 2.75. The van der Waals surface area contributed by atoms with Crippen molar-refractivity contribution in [2.75, 3.05) is 23.8 Å². The summed E-state index contributed by atoms with van der Waals surface area (Å²) in [6.07, 6.45) is 0. The summed E-state index contributed by atoms with van der Waals surface area (Å²) >= 11 is 6.05. The molecule has 6 nitrogen and oxygen atoms in total. The number of halogens is 1. The van der Waals surface area contributed by atoms with Crippen LogP contribution in [0.15, 0.2) is 72.8 Å². The van der Waals surface area contributed by atoms with E-state index < -0.39 is 5.91 Å². The van der Waals surface area contributed by atoms with Crippen LogP contribution in [0.1, 0.15) is 21.5 Å². The number of ether oxygens (including phenoxy) is 1. The Hall–Kier alpha value is -3.48. The molecule has 3 aromatic rings. The number of aryl methyl sites for hydroxylation is 1. The fraction of sp³-hybridized carbons (Fsp3) is 0.125. The number of nitrogens with one attached hydrogen (secondary N) is 2. The van der Waals surface area contributed by atoms with Crippen molar-refractivity contribution in [3.05, 3.63) is 94.5 Å². The zero-order chi connectivity index (χ0) is 22.2. The molecule has 31 heavy (non-hydrogen) atoms. The summed E-state index contributed by atoms with van der Waals surface area (Å²) in [6.45, 7) is 1.30. The Labute approximate surface area is 185 Å². The molecule has 0 saturated heterocycles. The number of hydrogen-bond donors (Lipinski definition) is 2. The second kappa shape index (κ2) is 10.5. The molecule has 2 amide bonds. The molecule has 0 aliphatic carbocycles. The lowest BCUT2D eigenvalue weighted by Crippen LogP contribution is -2.24. The van der Waals surface area contributed by atoms with Crippen LogP contribution in [0.25, 0.3) is 0 Å². The van der Waals surface area contributed by atoms with Gasteiger partial charge in [0.15, 0.2) is 5.78 Å². The number of ketones is 1. The van der Waals surface area contributed by atoms with Gasteiger partial charge in [0.2, 0.25) is 11.8 Å². The quantitative estimate of drug-likeness (QED) is 0.510. The van der Waals surface area contributed by atoms with Crippen LogP contribution in [-0.2, 0) is 14.3 Å². The Morgan fingerprint density at radius 3 is 2.26 bits per heavy atom. The van der Waals surface area contributed by atoms with E-state index in [0.717, 1.165) is 5.56 Å². The third-order valence-electron chi connectivity index (χ3n) is 4.30. The summed E-state index contributed by atoms with van der Waals surface area (Å²) in [5.41, 5.74) is 2.73. The van der Waals surface area contributed by atoms with Crippen molar-refractivity contribution in [3.63, 3.8) is 0 Å². The van der Waals surface area contributed by atoms with Gasteiger partial charge < -0.3 is 15.4 Å². The molecule has 158 valence electrons. The monoisotopic (exact) mass is 436 g/mol.